The molecule has 1 aliphatic rings. The van der Waals surface area contributed by atoms with E-state index in [2.05, 4.69) is 58.1 Å². The quantitative estimate of drug-likeness (QED) is 0.323. The Bertz CT molecular complexity index is 1330. The van der Waals surface area contributed by atoms with Gasteiger partial charge in [-0.1, -0.05) is 62.4 Å². The molecule has 0 amide bonds. The van der Waals surface area contributed by atoms with Crippen LogP contribution in [0.2, 0.25) is 0 Å². The third-order valence-corrected chi connectivity index (χ3v) is 8.27. The minimum atomic E-state index is -4.36. The predicted octanol–water partition coefficient (Wildman–Crippen LogP) is 10.2. The molecule has 2 unspecified atom stereocenters. The summed E-state index contributed by atoms with van der Waals surface area (Å²) in [7, 11) is 0. The molecule has 1 aliphatic carbocycles. The predicted molar refractivity (Wildman–Crippen MR) is 156 cm³/mol. The molecule has 0 saturated heterocycles. The van der Waals surface area contributed by atoms with Crippen molar-refractivity contribution in [1.82, 2.24) is 0 Å². The van der Waals surface area contributed by atoms with Gasteiger partial charge in [0.1, 0.15) is 16.9 Å². The molecular weight excluding hydrogens is 493 g/mol. The van der Waals surface area contributed by atoms with Crippen molar-refractivity contribution in [1.29, 1.82) is 0 Å². The van der Waals surface area contributed by atoms with E-state index in [1.807, 2.05) is 33.8 Å². The molecular formula is C35H41F3O. The van der Waals surface area contributed by atoms with E-state index in [1.54, 1.807) is 36.4 Å². The number of benzene rings is 3. The number of aryl methyl sites for hydroxylation is 6. The Labute approximate surface area is 232 Å². The van der Waals surface area contributed by atoms with Gasteiger partial charge >= 0.3 is 6.18 Å². The summed E-state index contributed by atoms with van der Waals surface area (Å²) < 4.78 is 47.7. The number of ether oxygens (including phenoxy) is 1. The van der Waals surface area contributed by atoms with Crippen LogP contribution in [0.15, 0.2) is 78.6 Å². The first kappa shape index (κ1) is 30.3. The van der Waals surface area contributed by atoms with Crippen LogP contribution in [-0.4, -0.2) is 6.18 Å². The van der Waals surface area contributed by atoms with Crippen molar-refractivity contribution >= 4 is 0 Å². The van der Waals surface area contributed by atoms with Crippen molar-refractivity contribution in [3.8, 4) is 5.75 Å². The maximum atomic E-state index is 13.9. The monoisotopic (exact) mass is 534 g/mol. The summed E-state index contributed by atoms with van der Waals surface area (Å²) in [5.41, 5.74) is 4.86. The number of hydrogen-bond acceptors (Lipinski definition) is 1. The van der Waals surface area contributed by atoms with Crippen LogP contribution in [0.1, 0.15) is 65.3 Å². The first-order valence-electron chi connectivity index (χ1n) is 13.5. The van der Waals surface area contributed by atoms with Crippen molar-refractivity contribution in [3.05, 3.63) is 123 Å². The zero-order chi connectivity index (χ0) is 29.1. The lowest BCUT2D eigenvalue weighted by Gasteiger charge is -2.34. The zero-order valence-corrected chi connectivity index (χ0v) is 24.6. The van der Waals surface area contributed by atoms with Crippen LogP contribution in [0.25, 0.3) is 0 Å². The lowest BCUT2D eigenvalue weighted by atomic mass is 9.74. The molecule has 0 spiro atoms. The summed E-state index contributed by atoms with van der Waals surface area (Å²) in [5, 5.41) is 0. The van der Waals surface area contributed by atoms with E-state index >= 15 is 0 Å². The van der Waals surface area contributed by atoms with Gasteiger partial charge in [0, 0.05) is 0 Å². The standard InChI is InChI=1S/C19H21F3.C16H20O/c1-12-6-8-16(10-14(12)3)18(5,19(20,21)22)17-9-7-13(2)15(4)11-17;1-11-5-7-15(9-13(11)3)17-16-8-6-12(2)14(4)10-16/h6-11H,1-5H3;5-11,13H,1-4H3. The second-order valence-corrected chi connectivity index (χ2v) is 11.2. The second-order valence-electron chi connectivity index (χ2n) is 11.2. The molecule has 1 nitrogen and oxygen atoms in total. The highest BCUT2D eigenvalue weighted by molar-refractivity contribution is 5.46. The van der Waals surface area contributed by atoms with Gasteiger partial charge in [0.05, 0.1) is 0 Å². The summed E-state index contributed by atoms with van der Waals surface area (Å²) in [6.45, 7) is 17.4. The number of allylic oxidation sites excluding steroid dienone is 3. The van der Waals surface area contributed by atoms with Crippen LogP contribution < -0.4 is 4.74 Å². The molecule has 2 atom stereocenters. The van der Waals surface area contributed by atoms with Gasteiger partial charge < -0.3 is 4.74 Å². The van der Waals surface area contributed by atoms with Crippen LogP contribution in [-0.2, 0) is 5.41 Å². The first-order valence-corrected chi connectivity index (χ1v) is 13.5. The minimum Gasteiger partial charge on any atom is -0.458 e. The summed E-state index contributed by atoms with van der Waals surface area (Å²) in [6, 6.07) is 16.2. The van der Waals surface area contributed by atoms with Crippen molar-refractivity contribution < 1.29 is 17.9 Å². The lowest BCUT2D eigenvalue weighted by Crippen LogP contribution is -2.40. The van der Waals surface area contributed by atoms with Crippen molar-refractivity contribution in [2.24, 2.45) is 11.8 Å². The molecule has 0 fully saturated rings. The molecule has 0 heterocycles. The average molecular weight is 535 g/mol. The molecule has 39 heavy (non-hydrogen) atoms. The fraction of sp³-hybridized carbons (Fsp3) is 0.371. The lowest BCUT2D eigenvalue weighted by molar-refractivity contribution is -0.173. The fourth-order valence-electron chi connectivity index (χ4n) is 4.47. The molecule has 4 rings (SSSR count). The number of halogens is 3. The molecule has 0 N–H and O–H groups in total. The molecule has 0 saturated carbocycles. The van der Waals surface area contributed by atoms with Crippen LogP contribution >= 0.6 is 0 Å². The Morgan fingerprint density at radius 3 is 1.49 bits per heavy atom. The SMILES string of the molecule is Cc1ccc(C(C)(c2ccc(C)c(C)c2)C(F)(F)F)cc1C.Cc1ccc(OC2=CC(C)C(C)C=C2)cc1C. The smallest absolute Gasteiger partial charge is 0.402 e. The van der Waals surface area contributed by atoms with E-state index in [-0.39, 0.29) is 11.1 Å². The van der Waals surface area contributed by atoms with E-state index < -0.39 is 11.6 Å². The number of rotatable bonds is 4. The van der Waals surface area contributed by atoms with E-state index in [0.717, 1.165) is 33.8 Å². The highest BCUT2D eigenvalue weighted by Crippen LogP contribution is 2.46. The summed E-state index contributed by atoms with van der Waals surface area (Å²) in [4.78, 5) is 0. The van der Waals surface area contributed by atoms with Gasteiger partial charge in [-0.25, -0.2) is 0 Å². The van der Waals surface area contributed by atoms with Gasteiger partial charge in [0.25, 0.3) is 0 Å². The van der Waals surface area contributed by atoms with Crippen LogP contribution in [0, 0.1) is 53.4 Å². The van der Waals surface area contributed by atoms with Gasteiger partial charge in [0.15, 0.2) is 0 Å². The van der Waals surface area contributed by atoms with Crippen LogP contribution in [0.5, 0.6) is 5.75 Å². The third kappa shape index (κ3) is 6.84. The van der Waals surface area contributed by atoms with Crippen molar-refractivity contribution in [2.45, 2.75) is 73.9 Å². The Kier molecular flexibility index (Phi) is 9.20. The minimum absolute atomic E-state index is 0.284. The maximum Gasteiger partial charge on any atom is 0.402 e. The Balaban J connectivity index is 0.000000223. The molecule has 0 bridgehead atoms. The van der Waals surface area contributed by atoms with Gasteiger partial charge in [0.2, 0.25) is 0 Å². The highest BCUT2D eigenvalue weighted by atomic mass is 19.4. The second kappa shape index (κ2) is 11.9. The Morgan fingerprint density at radius 2 is 1.08 bits per heavy atom. The van der Waals surface area contributed by atoms with E-state index in [1.165, 1.54) is 18.1 Å². The molecule has 3 aromatic rings. The van der Waals surface area contributed by atoms with Gasteiger partial charge in [-0.05, 0) is 129 Å². The number of hydrogen-bond donors (Lipinski definition) is 0. The van der Waals surface area contributed by atoms with E-state index in [9.17, 15) is 13.2 Å². The molecule has 0 aromatic heterocycles. The zero-order valence-electron chi connectivity index (χ0n) is 24.6. The van der Waals surface area contributed by atoms with Gasteiger partial charge in [-0.2, -0.15) is 13.2 Å². The largest absolute Gasteiger partial charge is 0.458 e. The summed E-state index contributed by atoms with van der Waals surface area (Å²) in [6.07, 6.45) is 2.11. The van der Waals surface area contributed by atoms with Crippen molar-refractivity contribution in [3.63, 3.8) is 0 Å². The Hall–Kier alpha value is -3.27. The third-order valence-electron chi connectivity index (χ3n) is 8.27. The first-order chi connectivity index (χ1) is 18.1. The maximum absolute atomic E-state index is 13.9. The molecule has 3 aromatic carbocycles. The van der Waals surface area contributed by atoms with Gasteiger partial charge in [-0.3, -0.25) is 0 Å². The van der Waals surface area contributed by atoms with Crippen molar-refractivity contribution in [2.75, 3.05) is 0 Å². The Morgan fingerprint density at radius 1 is 0.615 bits per heavy atom. The van der Waals surface area contributed by atoms with E-state index in [4.69, 9.17) is 4.74 Å². The molecule has 208 valence electrons. The van der Waals surface area contributed by atoms with Crippen LogP contribution in [0.3, 0.4) is 0 Å². The van der Waals surface area contributed by atoms with Gasteiger partial charge in [-0.15, -0.1) is 0 Å². The van der Waals surface area contributed by atoms with Crippen LogP contribution in [0.4, 0.5) is 13.2 Å². The van der Waals surface area contributed by atoms with E-state index in [0.29, 0.717) is 11.8 Å². The normalized spacial score (nSPS) is 17.3. The molecule has 4 heteroatoms. The fourth-order valence-corrected chi connectivity index (χ4v) is 4.47. The molecule has 0 radical (unpaired) electrons. The summed E-state index contributed by atoms with van der Waals surface area (Å²) in [5.74, 6) is 3.02. The highest BCUT2D eigenvalue weighted by Gasteiger charge is 2.53. The number of alkyl halides is 3. The molecule has 0 aliphatic heterocycles. The average Bonchev–Trinajstić information content (AvgIpc) is 2.86. The topological polar surface area (TPSA) is 9.23 Å². The summed E-state index contributed by atoms with van der Waals surface area (Å²) >= 11 is 0.